The minimum absolute atomic E-state index is 0.489. The van der Waals surface area contributed by atoms with Gasteiger partial charge in [-0.2, -0.15) is 0 Å². The predicted molar refractivity (Wildman–Crippen MR) is 48.2 cm³/mol. The van der Waals surface area contributed by atoms with Crippen LogP contribution in [0.25, 0.3) is 0 Å². The molecule has 3 heteroatoms. The smallest absolute Gasteiger partial charge is 0.118 e. The highest BCUT2D eigenvalue weighted by Gasteiger charge is 2.11. The molecule has 70 valence electrons. The van der Waals surface area contributed by atoms with Crippen LogP contribution < -0.4 is 0 Å². The molecule has 2 heterocycles. The van der Waals surface area contributed by atoms with Gasteiger partial charge in [0.05, 0.1) is 19.8 Å². The maximum atomic E-state index is 5.47. The largest absolute Gasteiger partial charge is 0.464 e. The molecular weight excluding hydrogens is 166 g/mol. The van der Waals surface area contributed by atoms with Crippen molar-refractivity contribution in [2.24, 2.45) is 0 Å². The summed E-state index contributed by atoms with van der Waals surface area (Å²) in [5, 5.41) is 0. The zero-order valence-electron chi connectivity index (χ0n) is 7.53. The Bertz CT molecular complexity index is 264. The Balaban J connectivity index is 1.89. The van der Waals surface area contributed by atoms with Crippen LogP contribution in [0.2, 0.25) is 0 Å². The van der Waals surface area contributed by atoms with Gasteiger partial charge in [0.15, 0.2) is 0 Å². The third-order valence-corrected chi connectivity index (χ3v) is 2.17. The fourth-order valence-corrected chi connectivity index (χ4v) is 1.46. The normalized spacial score (nSPS) is 19.2. The van der Waals surface area contributed by atoms with E-state index in [1.807, 2.05) is 6.07 Å². The summed E-state index contributed by atoms with van der Waals surface area (Å²) < 4.78 is 10.5. The van der Waals surface area contributed by atoms with E-state index in [1.54, 1.807) is 6.07 Å². The van der Waals surface area contributed by atoms with Crippen LogP contribution >= 0.6 is 0 Å². The van der Waals surface area contributed by atoms with Crippen LogP contribution in [0.15, 0.2) is 16.5 Å². The molecule has 1 saturated heterocycles. The van der Waals surface area contributed by atoms with E-state index in [0.717, 1.165) is 38.6 Å². The molecule has 0 N–H and O–H groups in total. The number of ether oxygens (including phenoxy) is 1. The first-order valence-corrected chi connectivity index (χ1v) is 4.49. The molecule has 0 saturated carbocycles. The molecule has 0 spiro atoms. The summed E-state index contributed by atoms with van der Waals surface area (Å²) in [6.07, 6.45) is 0. The lowest BCUT2D eigenvalue weighted by Crippen LogP contribution is -2.35. The van der Waals surface area contributed by atoms with Crippen LogP contribution in [0.3, 0.4) is 0 Å². The van der Waals surface area contributed by atoms with E-state index in [-0.39, 0.29) is 0 Å². The van der Waals surface area contributed by atoms with Crippen LogP contribution in [0.4, 0.5) is 0 Å². The molecule has 1 aromatic heterocycles. The molecule has 2 rings (SSSR count). The van der Waals surface area contributed by atoms with Crippen LogP contribution in [0.5, 0.6) is 0 Å². The first kappa shape index (κ1) is 8.78. The molecule has 1 aromatic rings. The highest BCUT2D eigenvalue weighted by molar-refractivity contribution is 5.09. The molecule has 2 radical (unpaired) electrons. The summed E-state index contributed by atoms with van der Waals surface area (Å²) >= 11 is 0. The van der Waals surface area contributed by atoms with Crippen molar-refractivity contribution in [3.63, 3.8) is 0 Å². The van der Waals surface area contributed by atoms with E-state index in [9.17, 15) is 0 Å². The van der Waals surface area contributed by atoms with E-state index < -0.39 is 0 Å². The number of hydrogen-bond donors (Lipinski definition) is 0. The van der Waals surface area contributed by atoms with Crippen LogP contribution in [0, 0.1) is 6.92 Å². The van der Waals surface area contributed by atoms with Crippen molar-refractivity contribution in [2.45, 2.75) is 6.54 Å². The lowest BCUT2D eigenvalue weighted by molar-refractivity contribution is 0.0313. The van der Waals surface area contributed by atoms with E-state index in [2.05, 4.69) is 4.90 Å². The second-order valence-electron chi connectivity index (χ2n) is 3.19. The molecule has 13 heavy (non-hydrogen) atoms. The van der Waals surface area contributed by atoms with Gasteiger partial charge in [0.1, 0.15) is 11.5 Å². The van der Waals surface area contributed by atoms with Gasteiger partial charge in [-0.3, -0.25) is 4.90 Å². The van der Waals surface area contributed by atoms with Gasteiger partial charge in [-0.25, -0.2) is 0 Å². The lowest BCUT2D eigenvalue weighted by atomic mass is 10.3. The lowest BCUT2D eigenvalue weighted by Gasteiger charge is -2.25. The van der Waals surface area contributed by atoms with Gasteiger partial charge in [-0.15, -0.1) is 0 Å². The van der Waals surface area contributed by atoms with E-state index >= 15 is 0 Å². The highest BCUT2D eigenvalue weighted by atomic mass is 16.5. The number of furan rings is 1. The Hall–Kier alpha value is -0.800. The number of nitrogens with zero attached hydrogens (tertiary/aromatic N) is 1. The van der Waals surface area contributed by atoms with Gasteiger partial charge in [0, 0.05) is 20.0 Å². The number of rotatable bonds is 2. The highest BCUT2D eigenvalue weighted by Crippen LogP contribution is 2.10. The molecular formula is C10H13NO2. The molecule has 1 aliphatic rings. The Kier molecular flexibility index (Phi) is 2.66. The summed E-state index contributed by atoms with van der Waals surface area (Å²) in [6, 6.07) is 3.71. The standard InChI is InChI=1S/C10H13NO2/c1-9-2-3-10(13-9)8-11-4-6-12-7-5-11/h1-3H,4-8H2. The van der Waals surface area contributed by atoms with Crippen molar-refractivity contribution in [1.82, 2.24) is 4.90 Å². The molecule has 0 aromatic carbocycles. The second kappa shape index (κ2) is 3.94. The summed E-state index contributed by atoms with van der Waals surface area (Å²) in [5.74, 6) is 1.42. The molecule has 0 atom stereocenters. The number of hydrogen-bond acceptors (Lipinski definition) is 3. The molecule has 0 unspecified atom stereocenters. The van der Waals surface area contributed by atoms with Crippen LogP contribution in [0.1, 0.15) is 11.5 Å². The fourth-order valence-electron chi connectivity index (χ4n) is 1.46. The minimum atomic E-state index is 0.489. The van der Waals surface area contributed by atoms with Crippen molar-refractivity contribution in [3.05, 3.63) is 30.6 Å². The third kappa shape index (κ3) is 2.32. The van der Waals surface area contributed by atoms with Gasteiger partial charge >= 0.3 is 0 Å². The van der Waals surface area contributed by atoms with Crippen LogP contribution in [-0.4, -0.2) is 31.2 Å². The van der Waals surface area contributed by atoms with Gasteiger partial charge in [0.25, 0.3) is 0 Å². The Morgan fingerprint density at radius 3 is 2.69 bits per heavy atom. The topological polar surface area (TPSA) is 25.6 Å². The second-order valence-corrected chi connectivity index (χ2v) is 3.19. The minimum Gasteiger partial charge on any atom is -0.464 e. The first-order valence-electron chi connectivity index (χ1n) is 4.49. The van der Waals surface area contributed by atoms with E-state index in [1.165, 1.54) is 0 Å². The third-order valence-electron chi connectivity index (χ3n) is 2.17. The fraction of sp³-hybridized carbons (Fsp3) is 0.500. The van der Waals surface area contributed by atoms with Crippen molar-refractivity contribution in [2.75, 3.05) is 26.3 Å². The maximum Gasteiger partial charge on any atom is 0.118 e. The summed E-state index contributed by atoms with van der Waals surface area (Å²) in [4.78, 5) is 2.29. The number of morpholine rings is 1. The molecule has 0 amide bonds. The molecule has 1 fully saturated rings. The average Bonchev–Trinajstić information content (AvgIpc) is 2.53. The van der Waals surface area contributed by atoms with Gasteiger partial charge in [0.2, 0.25) is 0 Å². The Labute approximate surface area is 78.3 Å². The van der Waals surface area contributed by atoms with E-state index in [4.69, 9.17) is 16.1 Å². The molecule has 0 aliphatic carbocycles. The predicted octanol–water partition coefficient (Wildman–Crippen LogP) is 1.17. The van der Waals surface area contributed by atoms with Crippen LogP contribution in [-0.2, 0) is 11.3 Å². The summed E-state index contributed by atoms with van der Waals surface area (Å²) in [6.45, 7) is 9.88. The quantitative estimate of drug-likeness (QED) is 0.681. The summed E-state index contributed by atoms with van der Waals surface area (Å²) in [5.41, 5.74) is 0. The van der Waals surface area contributed by atoms with Crippen molar-refractivity contribution < 1.29 is 9.15 Å². The van der Waals surface area contributed by atoms with Gasteiger partial charge in [-0.1, -0.05) is 0 Å². The van der Waals surface area contributed by atoms with Gasteiger partial charge < -0.3 is 9.15 Å². The first-order chi connectivity index (χ1) is 6.34. The maximum absolute atomic E-state index is 5.47. The van der Waals surface area contributed by atoms with Crippen molar-refractivity contribution in [1.29, 1.82) is 0 Å². The monoisotopic (exact) mass is 179 g/mol. The SMILES string of the molecule is [CH]c1ccc(CN2CCOCC2)o1. The zero-order chi connectivity index (χ0) is 9.10. The van der Waals surface area contributed by atoms with Gasteiger partial charge in [-0.05, 0) is 12.1 Å². The Morgan fingerprint density at radius 1 is 1.31 bits per heavy atom. The van der Waals surface area contributed by atoms with E-state index in [0.29, 0.717) is 5.76 Å². The molecule has 0 bridgehead atoms. The zero-order valence-corrected chi connectivity index (χ0v) is 7.53. The van der Waals surface area contributed by atoms with Crippen molar-refractivity contribution >= 4 is 0 Å². The van der Waals surface area contributed by atoms with Crippen molar-refractivity contribution in [3.8, 4) is 0 Å². The molecule has 3 nitrogen and oxygen atoms in total. The molecule has 1 aliphatic heterocycles. The summed E-state index contributed by atoms with van der Waals surface area (Å²) in [7, 11) is 0. The average molecular weight is 179 g/mol. The Morgan fingerprint density at radius 2 is 2.08 bits per heavy atom.